The maximum atomic E-state index is 13.2. The average Bonchev–Trinajstić information content (AvgIpc) is 3.40. The monoisotopic (exact) mass is 482 g/mol. The number of halogens is 6. The van der Waals surface area contributed by atoms with Crippen molar-refractivity contribution in [2.45, 2.75) is 18.9 Å². The molecule has 0 saturated heterocycles. The van der Waals surface area contributed by atoms with E-state index in [1.165, 1.54) is 10.9 Å². The Balaban J connectivity index is 1.81. The molecule has 0 aliphatic rings. The lowest BCUT2D eigenvalue weighted by atomic mass is 10.0. The van der Waals surface area contributed by atoms with Crippen LogP contribution in [-0.2, 0) is 18.9 Å². The molecule has 0 amide bonds. The summed E-state index contributed by atoms with van der Waals surface area (Å²) in [7, 11) is 0. The van der Waals surface area contributed by atoms with Gasteiger partial charge in [-0.15, -0.1) is 5.10 Å². The predicted octanol–water partition coefficient (Wildman–Crippen LogP) is 5.12. The molecule has 2 aromatic heterocycles. The molecule has 0 aliphatic heterocycles. The van der Waals surface area contributed by atoms with Gasteiger partial charge < -0.3 is 10.1 Å². The Bertz CT molecular complexity index is 1310. The van der Waals surface area contributed by atoms with E-state index in [9.17, 15) is 36.5 Å². The lowest BCUT2D eigenvalue weighted by Crippen LogP contribution is -2.11. The van der Waals surface area contributed by atoms with Crippen LogP contribution in [0.2, 0.25) is 0 Å². The van der Waals surface area contributed by atoms with E-state index in [0.717, 1.165) is 16.6 Å². The van der Waals surface area contributed by atoms with Gasteiger partial charge in [-0.05, 0) is 33.7 Å². The van der Waals surface area contributed by atoms with Crippen molar-refractivity contribution in [3.05, 3.63) is 88.0 Å². The first-order chi connectivity index (χ1) is 15.9. The van der Waals surface area contributed by atoms with Crippen LogP contribution in [0.3, 0.4) is 0 Å². The quantitative estimate of drug-likeness (QED) is 0.224. The highest BCUT2D eigenvalue weighted by atomic mass is 19.4. The SMILES string of the molecule is O=[N+]([O-])c1ncn(Cc2ccccc2)c1-n1cnc(-c2cc(C(F)(F)F)cc(C(F)(F)F)c2)n1. The molecule has 34 heavy (non-hydrogen) atoms. The number of hydrogen-bond acceptors (Lipinski definition) is 5. The predicted molar refractivity (Wildman–Crippen MR) is 105 cm³/mol. The molecule has 0 bridgehead atoms. The Morgan fingerprint density at radius 1 is 0.882 bits per heavy atom. The van der Waals surface area contributed by atoms with Crippen LogP contribution in [0.4, 0.5) is 32.2 Å². The number of benzene rings is 2. The van der Waals surface area contributed by atoms with E-state index in [1.807, 2.05) is 0 Å². The van der Waals surface area contributed by atoms with Gasteiger partial charge in [-0.25, -0.2) is 4.98 Å². The van der Waals surface area contributed by atoms with Crippen LogP contribution < -0.4 is 0 Å². The van der Waals surface area contributed by atoms with Crippen molar-refractivity contribution < 1.29 is 31.3 Å². The molecule has 4 rings (SSSR count). The van der Waals surface area contributed by atoms with Gasteiger partial charge in [0.15, 0.2) is 5.82 Å². The van der Waals surface area contributed by atoms with E-state index in [2.05, 4.69) is 15.1 Å². The maximum Gasteiger partial charge on any atom is 0.416 e. The molecule has 0 atom stereocenters. The smallest absolute Gasteiger partial charge is 0.358 e. The van der Waals surface area contributed by atoms with Gasteiger partial charge in [0.25, 0.3) is 0 Å². The minimum Gasteiger partial charge on any atom is -0.358 e. The molecule has 2 aromatic carbocycles. The lowest BCUT2D eigenvalue weighted by Gasteiger charge is -2.13. The van der Waals surface area contributed by atoms with Gasteiger partial charge in [0.05, 0.1) is 17.7 Å². The largest absolute Gasteiger partial charge is 0.416 e. The van der Waals surface area contributed by atoms with Crippen molar-refractivity contribution in [2.24, 2.45) is 0 Å². The van der Waals surface area contributed by atoms with Crippen molar-refractivity contribution >= 4 is 5.82 Å². The lowest BCUT2D eigenvalue weighted by molar-refractivity contribution is -0.389. The van der Waals surface area contributed by atoms with E-state index in [1.54, 1.807) is 30.3 Å². The molecule has 0 saturated carbocycles. The van der Waals surface area contributed by atoms with Gasteiger partial charge >= 0.3 is 18.2 Å². The third-order valence-electron chi connectivity index (χ3n) is 4.71. The first kappa shape index (κ1) is 22.9. The van der Waals surface area contributed by atoms with E-state index < -0.39 is 45.6 Å². The van der Waals surface area contributed by atoms with Gasteiger partial charge in [0, 0.05) is 5.56 Å². The summed E-state index contributed by atoms with van der Waals surface area (Å²) in [6.07, 6.45) is -7.97. The fourth-order valence-corrected chi connectivity index (χ4v) is 3.21. The molecule has 0 unspecified atom stereocenters. The molecule has 14 heteroatoms. The summed E-state index contributed by atoms with van der Waals surface area (Å²) in [5.74, 6) is -1.28. The van der Waals surface area contributed by atoms with Crippen LogP contribution in [0.1, 0.15) is 16.7 Å². The summed E-state index contributed by atoms with van der Waals surface area (Å²) in [6.45, 7) is 0.133. The third-order valence-corrected chi connectivity index (χ3v) is 4.71. The summed E-state index contributed by atoms with van der Waals surface area (Å²) in [6, 6.07) is 9.72. The maximum absolute atomic E-state index is 13.2. The molecule has 4 aromatic rings. The number of imidazole rings is 1. The molecule has 0 N–H and O–H groups in total. The summed E-state index contributed by atoms with van der Waals surface area (Å²) < 4.78 is 81.3. The number of alkyl halides is 6. The molecule has 0 radical (unpaired) electrons. The van der Waals surface area contributed by atoms with E-state index in [4.69, 9.17) is 0 Å². The van der Waals surface area contributed by atoms with Crippen LogP contribution in [0.5, 0.6) is 0 Å². The Labute approximate surface area is 186 Å². The average molecular weight is 482 g/mol. The minimum atomic E-state index is -5.05. The zero-order valence-corrected chi connectivity index (χ0v) is 16.7. The summed E-state index contributed by atoms with van der Waals surface area (Å²) in [4.78, 5) is 18.2. The van der Waals surface area contributed by atoms with Gasteiger partial charge in [0.2, 0.25) is 12.1 Å². The van der Waals surface area contributed by atoms with E-state index in [0.29, 0.717) is 12.1 Å². The number of nitro groups is 1. The molecular formula is C20H12F6N6O2. The third kappa shape index (κ3) is 4.60. The normalized spacial score (nSPS) is 12.2. The topological polar surface area (TPSA) is 91.7 Å². The van der Waals surface area contributed by atoms with Crippen LogP contribution in [0.15, 0.2) is 61.2 Å². The minimum absolute atomic E-state index is 0.0136. The van der Waals surface area contributed by atoms with Crippen LogP contribution in [0.25, 0.3) is 17.2 Å². The molecule has 2 heterocycles. The number of nitrogens with zero attached hydrogens (tertiary/aromatic N) is 6. The fraction of sp³-hybridized carbons (Fsp3) is 0.150. The molecule has 0 spiro atoms. The fourth-order valence-electron chi connectivity index (χ4n) is 3.21. The first-order valence-electron chi connectivity index (χ1n) is 9.39. The highest BCUT2D eigenvalue weighted by molar-refractivity contribution is 5.58. The highest BCUT2D eigenvalue weighted by Crippen LogP contribution is 2.38. The molecule has 0 fully saturated rings. The first-order valence-corrected chi connectivity index (χ1v) is 9.39. The van der Waals surface area contributed by atoms with Crippen molar-refractivity contribution in [1.29, 1.82) is 0 Å². The number of aromatic nitrogens is 5. The summed E-state index contributed by atoms with van der Waals surface area (Å²) >= 11 is 0. The molecule has 176 valence electrons. The van der Waals surface area contributed by atoms with Gasteiger partial charge in [-0.3, -0.25) is 4.57 Å². The standard InChI is InChI=1S/C20H12F6N6O2/c21-19(22,23)14-6-13(7-15(8-14)20(24,25)26)16-27-11-31(29-16)18-17(32(33)34)28-10-30(18)9-12-4-2-1-3-5-12/h1-8,10-11H,9H2. The zero-order valence-electron chi connectivity index (χ0n) is 16.7. The van der Waals surface area contributed by atoms with E-state index in [-0.39, 0.29) is 18.4 Å². The Hall–Kier alpha value is -4.23. The Morgan fingerprint density at radius 2 is 1.50 bits per heavy atom. The number of hydrogen-bond donors (Lipinski definition) is 0. The highest BCUT2D eigenvalue weighted by Gasteiger charge is 2.37. The Kier molecular flexibility index (Phi) is 5.59. The van der Waals surface area contributed by atoms with Gasteiger partial charge in [0.1, 0.15) is 6.33 Å². The van der Waals surface area contributed by atoms with E-state index >= 15 is 0 Å². The van der Waals surface area contributed by atoms with Crippen molar-refractivity contribution in [3.63, 3.8) is 0 Å². The zero-order chi connectivity index (χ0) is 24.7. The van der Waals surface area contributed by atoms with Crippen molar-refractivity contribution in [3.8, 4) is 17.2 Å². The summed E-state index contributed by atoms with van der Waals surface area (Å²) in [5, 5.41) is 15.4. The molecule has 0 aliphatic carbocycles. The van der Waals surface area contributed by atoms with Crippen LogP contribution >= 0.6 is 0 Å². The molecule has 8 nitrogen and oxygen atoms in total. The van der Waals surface area contributed by atoms with Crippen LogP contribution in [0, 0.1) is 10.1 Å². The van der Waals surface area contributed by atoms with Crippen LogP contribution in [-0.4, -0.2) is 29.2 Å². The second kappa shape index (κ2) is 8.28. The van der Waals surface area contributed by atoms with Crippen molar-refractivity contribution in [1.82, 2.24) is 24.3 Å². The van der Waals surface area contributed by atoms with Crippen molar-refractivity contribution in [2.75, 3.05) is 0 Å². The van der Waals surface area contributed by atoms with Gasteiger partial charge in [-0.2, -0.15) is 31.0 Å². The molecular weight excluding hydrogens is 470 g/mol. The Morgan fingerprint density at radius 3 is 2.06 bits per heavy atom. The number of rotatable bonds is 5. The second-order valence-corrected chi connectivity index (χ2v) is 7.07. The second-order valence-electron chi connectivity index (χ2n) is 7.07. The van der Waals surface area contributed by atoms with Gasteiger partial charge in [-0.1, -0.05) is 30.3 Å². The summed E-state index contributed by atoms with van der Waals surface area (Å²) in [5.41, 5.74) is -2.87.